The minimum absolute atomic E-state index is 0.188. The van der Waals surface area contributed by atoms with E-state index >= 15 is 0 Å². The van der Waals surface area contributed by atoms with Crippen molar-refractivity contribution >= 4 is 17.6 Å². The molecule has 0 aliphatic heterocycles. The van der Waals surface area contributed by atoms with E-state index in [1.165, 1.54) is 0 Å². The third kappa shape index (κ3) is 5.76. The molecule has 138 valence electrons. The summed E-state index contributed by atoms with van der Waals surface area (Å²) in [7, 11) is 0. The van der Waals surface area contributed by atoms with Crippen LogP contribution in [0, 0.1) is 6.92 Å². The summed E-state index contributed by atoms with van der Waals surface area (Å²) < 4.78 is 16.5. The summed E-state index contributed by atoms with van der Waals surface area (Å²) in [6, 6.07) is 22.1. The fourth-order valence-corrected chi connectivity index (χ4v) is 2.62. The maximum absolute atomic E-state index is 11.9. The molecular formula is C22H19ClO4. The number of rotatable bonds is 7. The fraction of sp³-hybridized carbons (Fsp3) is 0.136. The van der Waals surface area contributed by atoms with E-state index in [2.05, 4.69) is 0 Å². The number of esters is 1. The number of benzene rings is 3. The van der Waals surface area contributed by atoms with Gasteiger partial charge in [-0.05, 0) is 60.5 Å². The van der Waals surface area contributed by atoms with Crippen molar-refractivity contribution < 1.29 is 19.0 Å². The van der Waals surface area contributed by atoms with Crippen molar-refractivity contribution in [2.24, 2.45) is 0 Å². The Balaban J connectivity index is 1.47. The van der Waals surface area contributed by atoms with E-state index in [1.54, 1.807) is 42.5 Å². The van der Waals surface area contributed by atoms with Gasteiger partial charge in [0.2, 0.25) is 0 Å². The highest BCUT2D eigenvalue weighted by Gasteiger charge is 2.09. The molecule has 0 bridgehead atoms. The van der Waals surface area contributed by atoms with Crippen molar-refractivity contribution in [2.75, 3.05) is 6.61 Å². The molecule has 0 atom stereocenters. The summed E-state index contributed by atoms with van der Waals surface area (Å²) in [5.41, 5.74) is 1.88. The largest absolute Gasteiger partial charge is 0.489 e. The molecule has 0 saturated carbocycles. The van der Waals surface area contributed by atoms with Crippen molar-refractivity contribution in [3.8, 4) is 17.2 Å². The zero-order chi connectivity index (χ0) is 19.1. The van der Waals surface area contributed by atoms with Crippen LogP contribution in [0.1, 0.15) is 11.1 Å². The summed E-state index contributed by atoms with van der Waals surface area (Å²) in [6.07, 6.45) is 0. The smallest absolute Gasteiger partial charge is 0.349 e. The number of carbonyl (C=O) groups excluding carboxylic acids is 1. The molecule has 0 aliphatic carbocycles. The van der Waals surface area contributed by atoms with E-state index < -0.39 is 5.97 Å². The molecule has 0 aromatic heterocycles. The van der Waals surface area contributed by atoms with Crippen LogP contribution in [0.25, 0.3) is 0 Å². The summed E-state index contributed by atoms with van der Waals surface area (Å²) in [6.45, 7) is 2.13. The summed E-state index contributed by atoms with van der Waals surface area (Å²) >= 11 is 5.89. The summed E-state index contributed by atoms with van der Waals surface area (Å²) in [4.78, 5) is 11.9. The minimum atomic E-state index is -0.482. The highest BCUT2D eigenvalue weighted by atomic mass is 35.5. The summed E-state index contributed by atoms with van der Waals surface area (Å²) in [5.74, 6) is 1.28. The van der Waals surface area contributed by atoms with Crippen molar-refractivity contribution in [1.29, 1.82) is 0 Å². The maximum atomic E-state index is 11.9. The SMILES string of the molecule is Cc1cc(Cl)ccc1OC(=O)COc1ccc(OCc2ccccc2)cc1. The third-order valence-electron chi connectivity index (χ3n) is 3.79. The topological polar surface area (TPSA) is 44.8 Å². The highest BCUT2D eigenvalue weighted by Crippen LogP contribution is 2.22. The Morgan fingerprint density at radius 3 is 2.22 bits per heavy atom. The van der Waals surface area contributed by atoms with Crippen LogP contribution in [0.15, 0.2) is 72.8 Å². The molecule has 3 aromatic rings. The van der Waals surface area contributed by atoms with Gasteiger partial charge in [-0.3, -0.25) is 0 Å². The Labute approximate surface area is 163 Å². The van der Waals surface area contributed by atoms with E-state index in [4.69, 9.17) is 25.8 Å². The van der Waals surface area contributed by atoms with Gasteiger partial charge >= 0.3 is 5.97 Å². The first-order valence-electron chi connectivity index (χ1n) is 8.46. The molecule has 0 unspecified atom stereocenters. The molecule has 27 heavy (non-hydrogen) atoms. The van der Waals surface area contributed by atoms with Gasteiger partial charge in [0, 0.05) is 5.02 Å². The van der Waals surface area contributed by atoms with E-state index in [0.717, 1.165) is 16.9 Å². The van der Waals surface area contributed by atoms with E-state index in [0.29, 0.717) is 23.1 Å². The van der Waals surface area contributed by atoms with Gasteiger partial charge < -0.3 is 14.2 Å². The van der Waals surface area contributed by atoms with Crippen LogP contribution in [0.2, 0.25) is 5.02 Å². The number of hydrogen-bond donors (Lipinski definition) is 0. The number of ether oxygens (including phenoxy) is 3. The first-order valence-corrected chi connectivity index (χ1v) is 8.84. The van der Waals surface area contributed by atoms with Crippen LogP contribution in [-0.4, -0.2) is 12.6 Å². The van der Waals surface area contributed by atoms with Crippen LogP contribution in [0.5, 0.6) is 17.2 Å². The van der Waals surface area contributed by atoms with Gasteiger partial charge in [0.25, 0.3) is 0 Å². The average Bonchev–Trinajstić information content (AvgIpc) is 2.68. The summed E-state index contributed by atoms with van der Waals surface area (Å²) in [5, 5.41) is 0.595. The van der Waals surface area contributed by atoms with E-state index in [-0.39, 0.29) is 6.61 Å². The van der Waals surface area contributed by atoms with Crippen molar-refractivity contribution in [3.05, 3.63) is 88.9 Å². The lowest BCUT2D eigenvalue weighted by Crippen LogP contribution is -2.18. The van der Waals surface area contributed by atoms with Gasteiger partial charge in [-0.1, -0.05) is 41.9 Å². The van der Waals surface area contributed by atoms with Crippen molar-refractivity contribution in [2.45, 2.75) is 13.5 Å². The van der Waals surface area contributed by atoms with Gasteiger partial charge in [0.05, 0.1) is 0 Å². The Morgan fingerprint density at radius 1 is 0.889 bits per heavy atom. The van der Waals surface area contributed by atoms with E-state index in [9.17, 15) is 4.79 Å². The van der Waals surface area contributed by atoms with Crippen LogP contribution >= 0.6 is 11.6 Å². The number of halogens is 1. The predicted octanol–water partition coefficient (Wildman–Crippen LogP) is 5.21. The molecule has 0 aliphatic rings. The van der Waals surface area contributed by atoms with Crippen molar-refractivity contribution in [3.63, 3.8) is 0 Å². The van der Waals surface area contributed by atoms with Crippen LogP contribution in [0.4, 0.5) is 0 Å². The number of hydrogen-bond acceptors (Lipinski definition) is 4. The van der Waals surface area contributed by atoms with Gasteiger partial charge in [0.1, 0.15) is 23.9 Å². The molecule has 0 spiro atoms. The van der Waals surface area contributed by atoms with E-state index in [1.807, 2.05) is 37.3 Å². The molecule has 0 radical (unpaired) electrons. The normalized spacial score (nSPS) is 10.3. The first kappa shape index (κ1) is 18.8. The predicted molar refractivity (Wildman–Crippen MR) is 105 cm³/mol. The lowest BCUT2D eigenvalue weighted by molar-refractivity contribution is -0.136. The Morgan fingerprint density at radius 2 is 1.56 bits per heavy atom. The maximum Gasteiger partial charge on any atom is 0.349 e. The van der Waals surface area contributed by atoms with Gasteiger partial charge in [-0.15, -0.1) is 0 Å². The molecule has 0 N–H and O–H groups in total. The molecular weight excluding hydrogens is 364 g/mol. The quantitative estimate of drug-likeness (QED) is 0.415. The highest BCUT2D eigenvalue weighted by molar-refractivity contribution is 6.30. The standard InChI is InChI=1S/C22H19ClO4/c1-16-13-18(23)7-12-21(16)27-22(24)15-26-20-10-8-19(9-11-20)25-14-17-5-3-2-4-6-17/h2-13H,14-15H2,1H3. The number of carbonyl (C=O) groups is 1. The van der Waals surface area contributed by atoms with Crippen LogP contribution in [-0.2, 0) is 11.4 Å². The molecule has 0 amide bonds. The zero-order valence-electron chi connectivity index (χ0n) is 14.9. The lowest BCUT2D eigenvalue weighted by Gasteiger charge is -2.10. The van der Waals surface area contributed by atoms with Gasteiger partial charge in [-0.25, -0.2) is 4.79 Å². The Kier molecular flexibility index (Phi) is 6.34. The third-order valence-corrected chi connectivity index (χ3v) is 4.02. The average molecular weight is 383 g/mol. The lowest BCUT2D eigenvalue weighted by atomic mass is 10.2. The van der Waals surface area contributed by atoms with Crippen LogP contribution < -0.4 is 14.2 Å². The second-order valence-corrected chi connectivity index (χ2v) is 6.35. The molecule has 5 heteroatoms. The second kappa shape index (κ2) is 9.10. The van der Waals surface area contributed by atoms with Gasteiger partial charge in [0.15, 0.2) is 6.61 Å². The molecule has 3 aromatic carbocycles. The molecule has 4 nitrogen and oxygen atoms in total. The molecule has 0 heterocycles. The fourth-order valence-electron chi connectivity index (χ4n) is 2.39. The van der Waals surface area contributed by atoms with Gasteiger partial charge in [-0.2, -0.15) is 0 Å². The molecule has 0 fully saturated rings. The zero-order valence-corrected chi connectivity index (χ0v) is 15.6. The minimum Gasteiger partial charge on any atom is -0.489 e. The van der Waals surface area contributed by atoms with Crippen LogP contribution in [0.3, 0.4) is 0 Å². The second-order valence-electron chi connectivity index (χ2n) is 5.92. The Bertz CT molecular complexity index is 892. The number of aryl methyl sites for hydroxylation is 1. The Hall–Kier alpha value is -2.98. The van der Waals surface area contributed by atoms with Crippen molar-refractivity contribution in [1.82, 2.24) is 0 Å². The monoisotopic (exact) mass is 382 g/mol. The molecule has 0 saturated heterocycles. The first-order chi connectivity index (χ1) is 13.1. The molecule has 3 rings (SSSR count).